The average Bonchev–Trinajstić information content (AvgIpc) is 2.53. The summed E-state index contributed by atoms with van der Waals surface area (Å²) >= 11 is 1.60. The summed E-state index contributed by atoms with van der Waals surface area (Å²) in [7, 11) is 0. The first-order chi connectivity index (χ1) is 9.78. The third kappa shape index (κ3) is 4.00. The van der Waals surface area contributed by atoms with E-state index in [-0.39, 0.29) is 16.6 Å². The molecular weight excluding hydrogens is 284 g/mol. The quantitative estimate of drug-likeness (QED) is 0.914. The molecule has 1 aliphatic heterocycles. The lowest BCUT2D eigenvalue weighted by atomic mass is 10.1. The zero-order valence-electron chi connectivity index (χ0n) is 13.0. The van der Waals surface area contributed by atoms with Crippen LogP contribution < -0.4 is 5.32 Å². The Labute approximate surface area is 130 Å². The van der Waals surface area contributed by atoms with Crippen molar-refractivity contribution in [3.8, 4) is 0 Å². The van der Waals surface area contributed by atoms with E-state index in [0.717, 1.165) is 11.3 Å². The number of thioether (sulfide) groups is 1. The number of hydrogen-bond acceptors (Lipinski definition) is 3. The Bertz CT molecular complexity index is 551. The number of carbonyl (C=O) groups excluding carboxylic acids is 2. The number of fused-ring (bicyclic) bond motifs is 1. The van der Waals surface area contributed by atoms with Crippen LogP contribution in [0, 0.1) is 0 Å². The van der Waals surface area contributed by atoms with Gasteiger partial charge in [0.25, 0.3) is 0 Å². The maximum atomic E-state index is 12.5. The van der Waals surface area contributed by atoms with Crippen LogP contribution in [0.15, 0.2) is 24.3 Å². The SMILES string of the molecule is CC1C(=O)Nc2ccccc2CN1C(=O)CSC(C)(C)C. The number of carbonyl (C=O) groups is 2. The Morgan fingerprint density at radius 2 is 2.05 bits per heavy atom. The lowest BCUT2D eigenvalue weighted by Gasteiger charge is -2.27. The molecule has 0 bridgehead atoms. The van der Waals surface area contributed by atoms with Crippen LogP contribution >= 0.6 is 11.8 Å². The number of rotatable bonds is 2. The van der Waals surface area contributed by atoms with Gasteiger partial charge in [0.05, 0.1) is 5.75 Å². The van der Waals surface area contributed by atoms with Gasteiger partial charge in [-0.3, -0.25) is 9.59 Å². The molecule has 2 amide bonds. The van der Waals surface area contributed by atoms with E-state index in [0.29, 0.717) is 12.3 Å². The van der Waals surface area contributed by atoms with Crippen LogP contribution in [0.1, 0.15) is 33.3 Å². The molecule has 1 N–H and O–H groups in total. The van der Waals surface area contributed by atoms with E-state index < -0.39 is 6.04 Å². The van der Waals surface area contributed by atoms with Crippen LogP contribution in [0.25, 0.3) is 0 Å². The van der Waals surface area contributed by atoms with E-state index in [9.17, 15) is 9.59 Å². The van der Waals surface area contributed by atoms with Crippen molar-refractivity contribution in [2.24, 2.45) is 0 Å². The third-order valence-corrected chi connectivity index (χ3v) is 4.67. The van der Waals surface area contributed by atoms with Gasteiger partial charge in [0.2, 0.25) is 11.8 Å². The molecule has 0 saturated heterocycles. The number of hydrogen-bond donors (Lipinski definition) is 1. The fourth-order valence-electron chi connectivity index (χ4n) is 2.14. The molecule has 1 heterocycles. The van der Waals surface area contributed by atoms with E-state index in [1.165, 1.54) is 0 Å². The van der Waals surface area contributed by atoms with Gasteiger partial charge in [0.1, 0.15) is 6.04 Å². The Hall–Kier alpha value is -1.49. The van der Waals surface area contributed by atoms with Gasteiger partial charge in [0, 0.05) is 17.0 Å². The molecule has 21 heavy (non-hydrogen) atoms. The Kier molecular flexibility index (Phi) is 4.61. The molecule has 0 aromatic heterocycles. The second-order valence-corrected chi connectivity index (χ2v) is 8.05. The van der Waals surface area contributed by atoms with Crippen molar-refractivity contribution in [3.63, 3.8) is 0 Å². The van der Waals surface area contributed by atoms with Crippen LogP contribution in [-0.4, -0.2) is 33.3 Å². The summed E-state index contributed by atoms with van der Waals surface area (Å²) in [4.78, 5) is 26.3. The van der Waals surface area contributed by atoms with Crippen molar-refractivity contribution in [2.45, 2.75) is 45.0 Å². The Morgan fingerprint density at radius 1 is 1.38 bits per heavy atom. The van der Waals surface area contributed by atoms with Crippen molar-refractivity contribution >= 4 is 29.3 Å². The molecular formula is C16H22N2O2S. The highest BCUT2D eigenvalue weighted by atomic mass is 32.2. The van der Waals surface area contributed by atoms with Crippen molar-refractivity contribution in [1.82, 2.24) is 4.90 Å². The maximum Gasteiger partial charge on any atom is 0.246 e. The first-order valence-corrected chi connectivity index (χ1v) is 8.09. The zero-order chi connectivity index (χ0) is 15.6. The number of benzene rings is 1. The van der Waals surface area contributed by atoms with Gasteiger partial charge in [0.15, 0.2) is 0 Å². The van der Waals surface area contributed by atoms with Crippen molar-refractivity contribution in [1.29, 1.82) is 0 Å². The normalized spacial score (nSPS) is 18.8. The molecule has 1 aliphatic rings. The smallest absolute Gasteiger partial charge is 0.246 e. The van der Waals surface area contributed by atoms with Gasteiger partial charge < -0.3 is 10.2 Å². The summed E-state index contributed by atoms with van der Waals surface area (Å²) in [6.07, 6.45) is 0. The number of nitrogens with one attached hydrogen (secondary N) is 1. The van der Waals surface area contributed by atoms with Crippen molar-refractivity contribution in [3.05, 3.63) is 29.8 Å². The summed E-state index contributed by atoms with van der Waals surface area (Å²) in [5.74, 6) is 0.270. The van der Waals surface area contributed by atoms with Gasteiger partial charge in [-0.2, -0.15) is 0 Å². The largest absolute Gasteiger partial charge is 0.326 e. The molecule has 2 rings (SSSR count). The lowest BCUT2D eigenvalue weighted by Crippen LogP contribution is -2.44. The predicted molar refractivity (Wildman–Crippen MR) is 87.3 cm³/mol. The molecule has 5 heteroatoms. The first-order valence-electron chi connectivity index (χ1n) is 7.10. The van der Waals surface area contributed by atoms with Crippen LogP contribution in [0.2, 0.25) is 0 Å². The van der Waals surface area contributed by atoms with Crippen molar-refractivity contribution < 1.29 is 9.59 Å². The average molecular weight is 306 g/mol. The summed E-state index contributed by atoms with van der Waals surface area (Å²) in [5.41, 5.74) is 1.78. The summed E-state index contributed by atoms with van der Waals surface area (Å²) in [5, 5.41) is 2.89. The molecule has 0 saturated carbocycles. The van der Waals surface area contributed by atoms with Crippen LogP contribution in [0.5, 0.6) is 0 Å². The molecule has 0 spiro atoms. The fourth-order valence-corrected chi connectivity index (χ4v) is 2.87. The van der Waals surface area contributed by atoms with Crippen LogP contribution in [0.4, 0.5) is 5.69 Å². The van der Waals surface area contributed by atoms with Gasteiger partial charge in [-0.05, 0) is 18.6 Å². The van der Waals surface area contributed by atoms with Crippen LogP contribution in [0.3, 0.4) is 0 Å². The van der Waals surface area contributed by atoms with E-state index >= 15 is 0 Å². The minimum atomic E-state index is -0.453. The van der Waals surface area contributed by atoms with Gasteiger partial charge >= 0.3 is 0 Å². The summed E-state index contributed by atoms with van der Waals surface area (Å²) in [6, 6.07) is 7.18. The Balaban J connectivity index is 2.18. The molecule has 0 aliphatic carbocycles. The van der Waals surface area contributed by atoms with Gasteiger partial charge in [-0.25, -0.2) is 0 Å². The van der Waals surface area contributed by atoms with E-state index in [4.69, 9.17) is 0 Å². The third-order valence-electron chi connectivity index (χ3n) is 3.41. The molecule has 1 aromatic carbocycles. The van der Waals surface area contributed by atoms with E-state index in [2.05, 4.69) is 26.1 Å². The minimum absolute atomic E-state index is 0.00859. The number of anilines is 1. The highest BCUT2D eigenvalue weighted by molar-refractivity contribution is 8.01. The van der Waals surface area contributed by atoms with Gasteiger partial charge in [-0.1, -0.05) is 39.0 Å². The van der Waals surface area contributed by atoms with Gasteiger partial charge in [-0.15, -0.1) is 11.8 Å². The number of amides is 2. The highest BCUT2D eigenvalue weighted by Gasteiger charge is 2.30. The van der Waals surface area contributed by atoms with E-state index in [1.807, 2.05) is 24.3 Å². The summed E-state index contributed by atoms with van der Waals surface area (Å²) < 4.78 is 0.0327. The molecule has 1 atom stereocenters. The minimum Gasteiger partial charge on any atom is -0.326 e. The van der Waals surface area contributed by atoms with Crippen LogP contribution in [-0.2, 0) is 16.1 Å². The van der Waals surface area contributed by atoms with Crippen molar-refractivity contribution in [2.75, 3.05) is 11.1 Å². The predicted octanol–water partition coefficient (Wildman–Crippen LogP) is 2.89. The monoisotopic (exact) mass is 306 g/mol. The topological polar surface area (TPSA) is 49.4 Å². The number of nitrogens with zero attached hydrogens (tertiary/aromatic N) is 1. The van der Waals surface area contributed by atoms with E-state index in [1.54, 1.807) is 23.6 Å². The molecule has 0 fully saturated rings. The zero-order valence-corrected chi connectivity index (χ0v) is 13.8. The standard InChI is InChI=1S/C16H22N2O2S/c1-11-15(20)17-13-8-6-5-7-12(13)9-18(11)14(19)10-21-16(2,3)4/h5-8,11H,9-10H2,1-4H3,(H,17,20). The lowest BCUT2D eigenvalue weighted by molar-refractivity contribution is -0.136. The Morgan fingerprint density at radius 3 is 2.71 bits per heavy atom. The molecule has 1 aromatic rings. The fraction of sp³-hybridized carbons (Fsp3) is 0.500. The molecule has 4 nitrogen and oxygen atoms in total. The highest BCUT2D eigenvalue weighted by Crippen LogP contribution is 2.26. The summed E-state index contributed by atoms with van der Waals surface area (Å²) in [6.45, 7) is 8.50. The molecule has 114 valence electrons. The second-order valence-electron chi connectivity index (χ2n) is 6.25. The number of para-hydroxylation sites is 1. The molecule has 1 unspecified atom stereocenters. The first kappa shape index (κ1) is 15.9. The molecule has 0 radical (unpaired) electrons. The second kappa shape index (κ2) is 6.10. The maximum absolute atomic E-state index is 12.5.